The number of rotatable bonds is 24. The van der Waals surface area contributed by atoms with Gasteiger partial charge in [0.15, 0.2) is 17.4 Å². The Hall–Kier alpha value is -2.86. The van der Waals surface area contributed by atoms with Crippen molar-refractivity contribution >= 4 is 172 Å². The van der Waals surface area contributed by atoms with Crippen molar-refractivity contribution in [2.45, 2.75) is 95.5 Å². The molecule has 0 aromatic heterocycles. The molecule has 3 aliphatic heterocycles. The molecule has 15 rings (SSSR count). The normalized spacial score (nSPS) is 18.4. The van der Waals surface area contributed by atoms with Gasteiger partial charge in [0.1, 0.15) is 0 Å². The summed E-state index contributed by atoms with van der Waals surface area (Å²) in [6.45, 7) is 12.3. The minimum Gasteiger partial charge on any atom is 0 e. The molecule has 0 N–H and O–H groups in total. The van der Waals surface area contributed by atoms with Crippen LogP contribution in [0.25, 0.3) is 0 Å². The zero-order valence-corrected chi connectivity index (χ0v) is 81.2. The van der Waals surface area contributed by atoms with Crippen LogP contribution in [0.15, 0.2) is 364 Å². The molecule has 0 aliphatic carbocycles. The Kier molecular flexibility index (Phi) is 41.3. The minimum atomic E-state index is -1.33. The second kappa shape index (κ2) is 49.4. The maximum absolute atomic E-state index is 6.61. The average molecular weight is 2210 g/mol. The zero-order valence-electron chi connectivity index (χ0n) is 64.6. The van der Waals surface area contributed by atoms with E-state index in [9.17, 15) is 0 Å². The van der Waals surface area contributed by atoms with E-state index in [4.69, 9.17) is 89.0 Å². The van der Waals surface area contributed by atoms with Crippen LogP contribution in [0.5, 0.6) is 0 Å². The fourth-order valence-electron chi connectivity index (χ4n) is 14.2. The van der Waals surface area contributed by atoms with Crippen LogP contribution in [0.4, 0.5) is 0 Å². The van der Waals surface area contributed by atoms with Crippen LogP contribution in [0, 0.1) is 0 Å². The van der Waals surface area contributed by atoms with Crippen molar-refractivity contribution in [3.8, 4) is 0 Å². The van der Waals surface area contributed by atoms with Gasteiger partial charge in [0.05, 0.1) is 36.6 Å². The summed E-state index contributed by atoms with van der Waals surface area (Å²) in [4.78, 5) is 0. The number of halogens is 6. The molecule has 3 fully saturated rings. The smallest absolute Gasteiger partial charge is 0 e. The van der Waals surface area contributed by atoms with Crippen LogP contribution in [-0.2, 0) is 92.9 Å². The van der Waals surface area contributed by atoms with Crippen LogP contribution in [0.1, 0.15) is 41.5 Å². The fraction of sp³-hybridized carbons (Fsp3) is 0.226. The van der Waals surface area contributed by atoms with Crippen molar-refractivity contribution < 1.29 is 92.9 Å². The van der Waals surface area contributed by atoms with E-state index in [1.165, 1.54) is 63.7 Å². The number of benzene rings is 12. The quantitative estimate of drug-likeness (QED) is 0.0444. The molecule has 12 aromatic rings. The Morgan fingerprint density at radius 2 is 0.270 bits per heavy atom. The first-order valence-corrected chi connectivity index (χ1v) is 55.7. The average Bonchev–Trinajstić information content (AvgIpc) is 1.59. The van der Waals surface area contributed by atoms with E-state index in [2.05, 4.69) is 406 Å². The van der Waals surface area contributed by atoms with Gasteiger partial charge in [-0.1, -0.05) is 364 Å². The predicted octanol–water partition coefficient (Wildman–Crippen LogP) is 21.4. The first-order chi connectivity index (χ1) is 54.7. The zero-order chi connectivity index (χ0) is 79.4. The van der Waals surface area contributed by atoms with E-state index in [1.54, 1.807) is 0 Å². The molecule has 0 amide bonds. The van der Waals surface area contributed by atoms with E-state index in [1.807, 2.05) is 0 Å². The Bertz CT molecular complexity index is 3650. The van der Waals surface area contributed by atoms with Gasteiger partial charge >= 0.3 is 82.9 Å². The van der Waals surface area contributed by atoms with Gasteiger partial charge in [0.25, 0.3) is 0 Å². The van der Waals surface area contributed by atoms with Crippen molar-refractivity contribution in [2.24, 2.45) is 0 Å². The molecule has 3 saturated heterocycles. The summed E-state index contributed by atoms with van der Waals surface area (Å²) < 4.78 is 39.7. The maximum Gasteiger partial charge on any atom is 0 e. The Labute approximate surface area is 753 Å². The summed E-state index contributed by atoms with van der Waals surface area (Å²) in [7, 11) is 26.0. The molecule has 115 heavy (non-hydrogen) atoms. The van der Waals surface area contributed by atoms with Gasteiger partial charge in [-0.3, -0.25) is 0 Å². The largest absolute Gasteiger partial charge is 0 e. The third-order valence-electron chi connectivity index (χ3n) is 18.8. The van der Waals surface area contributed by atoms with Crippen LogP contribution in [-0.4, -0.2) is 91.0 Å². The van der Waals surface area contributed by atoms with Crippen molar-refractivity contribution in [2.75, 3.05) is 37.0 Å². The SMILES string of the molecule is CC1(C)O[C@@H](CP(c2ccccc2)c2ccccc2)[C@H](CP(c2ccccc2)c2ccccc2)O1.CC1(C)O[C@@H](CP(c2ccccc2)c2ccccc2)[C@H](CP(c2ccccc2)c2ccccc2)O1.CC1(C)O[C@@H](CP(c2ccccc2)c2ccccc2)[C@H](CP(c2ccccc2)c2ccccc2)O1.[Cl][Fe-]([Cl])[Cl].[Cl][Fe-]([Cl])[Cl].[Pt].[Pt]. The van der Waals surface area contributed by atoms with Gasteiger partial charge in [0, 0.05) is 79.1 Å². The summed E-state index contributed by atoms with van der Waals surface area (Å²) in [5, 5.41) is 16.6. The molecule has 0 unspecified atom stereocenters. The second-order valence-electron chi connectivity index (χ2n) is 28.1. The van der Waals surface area contributed by atoms with Gasteiger partial charge in [-0.05, 0) is 153 Å². The van der Waals surface area contributed by atoms with Crippen LogP contribution in [0.3, 0.4) is 0 Å². The Morgan fingerprint density at radius 1 is 0.191 bits per heavy atom. The monoisotopic (exact) mass is 2210 g/mol. The fourth-order valence-corrected chi connectivity index (χ4v) is 28.9. The molecule has 0 bridgehead atoms. The van der Waals surface area contributed by atoms with Crippen molar-refractivity contribution in [3.05, 3.63) is 364 Å². The van der Waals surface area contributed by atoms with Gasteiger partial charge in [0.2, 0.25) is 0 Å². The third-order valence-corrected chi connectivity index (χ3v) is 34.3. The molecule has 614 valence electrons. The van der Waals surface area contributed by atoms with E-state index in [0.717, 1.165) is 37.0 Å². The third kappa shape index (κ3) is 30.9. The maximum atomic E-state index is 6.61. The standard InChI is InChI=1S/3C31H32O2P2.6ClH.2Fe.2Pt/c3*1-31(2)32-29(23-34(25-15-7-3-8-16-25)26-17-9-4-10-18-26)30(33-31)24-35(27-19-11-5-12-20-27)28-21-13-6-14-22-28;;;;;;;;;;/h3*3-22,29-30H,23-24H2,1-2H3;6*1H;;;;/q;;;;;;;;;2*+2;;/p-6/t3*29-,30-;;;;;;;;;;/m000........../s1. The molecule has 12 aromatic carbocycles. The van der Waals surface area contributed by atoms with Crippen molar-refractivity contribution in [1.82, 2.24) is 0 Å². The molecule has 6 atom stereocenters. The molecule has 6 nitrogen and oxygen atoms in total. The molecule has 0 radical (unpaired) electrons. The van der Waals surface area contributed by atoms with Crippen molar-refractivity contribution in [1.29, 1.82) is 0 Å². The van der Waals surface area contributed by atoms with Crippen molar-refractivity contribution in [3.63, 3.8) is 0 Å². The van der Waals surface area contributed by atoms with E-state index >= 15 is 0 Å². The number of hydrogen-bond donors (Lipinski definition) is 0. The van der Waals surface area contributed by atoms with E-state index < -0.39 is 87.2 Å². The van der Waals surface area contributed by atoms with Gasteiger partial charge < -0.3 is 28.4 Å². The molecule has 0 saturated carbocycles. The molecule has 3 heterocycles. The first kappa shape index (κ1) is 96.0. The molecule has 3 aliphatic rings. The number of ether oxygens (including phenoxy) is 6. The van der Waals surface area contributed by atoms with Gasteiger partial charge in [-0.15, -0.1) is 0 Å². The first-order valence-electron chi connectivity index (χ1n) is 37.4. The van der Waals surface area contributed by atoms with E-state index in [0.29, 0.717) is 0 Å². The second-order valence-corrected chi connectivity index (χ2v) is 52.6. The van der Waals surface area contributed by atoms with E-state index in [-0.39, 0.29) is 78.8 Å². The molecule has 0 spiro atoms. The summed E-state index contributed by atoms with van der Waals surface area (Å²) in [6.07, 6.45) is 5.91. The molecule has 22 heteroatoms. The van der Waals surface area contributed by atoms with Crippen LogP contribution in [0.2, 0.25) is 0 Å². The molecular formula is C93H96Cl6Fe2O6P6Pt2-2. The summed E-state index contributed by atoms with van der Waals surface area (Å²) in [5.74, 6) is -1.76. The van der Waals surface area contributed by atoms with Crippen LogP contribution >= 0.6 is 108 Å². The van der Waals surface area contributed by atoms with Crippen LogP contribution < -0.4 is 63.7 Å². The topological polar surface area (TPSA) is 55.4 Å². The summed E-state index contributed by atoms with van der Waals surface area (Å²) >= 11 is -2.67. The Balaban J connectivity index is 0.000000187. The summed E-state index contributed by atoms with van der Waals surface area (Å²) in [6, 6.07) is 131. The number of hydrogen-bond acceptors (Lipinski definition) is 6. The predicted molar refractivity (Wildman–Crippen MR) is 490 cm³/mol. The summed E-state index contributed by atoms with van der Waals surface area (Å²) in [5.41, 5.74) is 0. The molecular weight excluding hydrogens is 2110 g/mol. The van der Waals surface area contributed by atoms with Gasteiger partial charge in [-0.25, -0.2) is 0 Å². The van der Waals surface area contributed by atoms with Gasteiger partial charge in [-0.2, -0.15) is 0 Å². The Morgan fingerprint density at radius 3 is 0.348 bits per heavy atom. The minimum absolute atomic E-state index is 0.